The van der Waals surface area contributed by atoms with E-state index >= 15 is 0 Å². The molecule has 0 amide bonds. The van der Waals surface area contributed by atoms with Gasteiger partial charge in [-0.3, -0.25) is 0 Å². The van der Waals surface area contributed by atoms with Crippen molar-refractivity contribution in [1.29, 1.82) is 0 Å². The molecule has 0 saturated heterocycles. The molecule has 0 aliphatic rings. The molecule has 0 atom stereocenters. The maximum Gasteiger partial charge on any atom is 0.378 e. The van der Waals surface area contributed by atoms with Gasteiger partial charge in [0.05, 0.1) is 19.8 Å². The monoisotopic (exact) mass is 197 g/mol. The first-order valence-corrected chi connectivity index (χ1v) is 3.94. The number of rotatable bonds is 6. The Hall–Kier alpha value is -0.750. The third kappa shape index (κ3) is 4.74. The number of alkyl halides is 2. The fraction of sp³-hybridized carbons (Fsp3) is 0.857. The quantitative estimate of drug-likeness (QED) is 0.387. The van der Waals surface area contributed by atoms with Crippen LogP contribution in [0.1, 0.15) is 13.8 Å². The second-order valence-electron chi connectivity index (χ2n) is 2.18. The van der Waals surface area contributed by atoms with Crippen molar-refractivity contribution in [3.05, 3.63) is 0 Å². The molecule has 0 aromatic rings. The van der Waals surface area contributed by atoms with Crippen LogP contribution in [0.5, 0.6) is 0 Å². The van der Waals surface area contributed by atoms with Gasteiger partial charge in [-0.1, -0.05) is 0 Å². The molecule has 0 aromatic carbocycles. The van der Waals surface area contributed by atoms with Gasteiger partial charge in [0.1, 0.15) is 0 Å². The number of hydrogen-bond acceptors (Lipinski definition) is 4. The fourth-order valence-electron chi connectivity index (χ4n) is 0.553. The second kappa shape index (κ2) is 5.82. The van der Waals surface area contributed by atoms with Crippen molar-refractivity contribution in [1.82, 2.24) is 5.48 Å². The van der Waals surface area contributed by atoms with Crippen molar-refractivity contribution < 1.29 is 23.1 Å². The minimum atomic E-state index is -3.54. The lowest BCUT2D eigenvalue weighted by Gasteiger charge is -2.14. The highest BCUT2D eigenvalue weighted by atomic mass is 19.3. The van der Waals surface area contributed by atoms with Gasteiger partial charge in [0.15, 0.2) is 0 Å². The minimum absolute atomic E-state index is 0.0664. The summed E-state index contributed by atoms with van der Waals surface area (Å²) in [4.78, 5) is 15.1. The van der Waals surface area contributed by atoms with Gasteiger partial charge >= 0.3 is 11.9 Å². The molecule has 0 bridgehead atoms. The van der Waals surface area contributed by atoms with Crippen LogP contribution in [0.15, 0.2) is 0 Å². The van der Waals surface area contributed by atoms with E-state index in [0.29, 0.717) is 0 Å². The highest BCUT2D eigenvalue weighted by Crippen LogP contribution is 2.13. The molecule has 0 aromatic heterocycles. The summed E-state index contributed by atoms with van der Waals surface area (Å²) >= 11 is 0. The van der Waals surface area contributed by atoms with Crippen LogP contribution in [0, 0.1) is 0 Å². The van der Waals surface area contributed by atoms with Crippen molar-refractivity contribution in [3.63, 3.8) is 0 Å². The van der Waals surface area contributed by atoms with Gasteiger partial charge in [-0.2, -0.15) is 14.3 Å². The Bertz CT molecular complexity index is 164. The Morgan fingerprint density at radius 1 is 1.38 bits per heavy atom. The van der Waals surface area contributed by atoms with E-state index in [4.69, 9.17) is 0 Å². The van der Waals surface area contributed by atoms with Crippen molar-refractivity contribution >= 4 is 5.97 Å². The van der Waals surface area contributed by atoms with Crippen LogP contribution in [-0.4, -0.2) is 31.7 Å². The van der Waals surface area contributed by atoms with Gasteiger partial charge < -0.3 is 9.57 Å². The van der Waals surface area contributed by atoms with E-state index in [1.54, 1.807) is 6.92 Å². The van der Waals surface area contributed by atoms with E-state index in [2.05, 4.69) is 9.57 Å². The van der Waals surface area contributed by atoms with Gasteiger partial charge in [-0.05, 0) is 13.8 Å². The van der Waals surface area contributed by atoms with Gasteiger partial charge in [-0.15, -0.1) is 0 Å². The molecular formula is C7H13F2NO3. The highest BCUT2D eigenvalue weighted by Gasteiger charge is 2.40. The molecule has 0 rings (SSSR count). The number of ether oxygens (including phenoxy) is 1. The number of carbonyl (C=O) groups is 1. The lowest BCUT2D eigenvalue weighted by atomic mass is 10.3. The maximum atomic E-state index is 12.7. The van der Waals surface area contributed by atoms with Gasteiger partial charge in [0, 0.05) is 0 Å². The lowest BCUT2D eigenvalue weighted by Crippen LogP contribution is -2.41. The zero-order chi connectivity index (χ0) is 10.3. The Labute approximate surface area is 75.2 Å². The van der Waals surface area contributed by atoms with Crippen molar-refractivity contribution in [2.24, 2.45) is 0 Å². The summed E-state index contributed by atoms with van der Waals surface area (Å²) in [6, 6.07) is 0. The molecule has 0 heterocycles. The Morgan fingerprint density at radius 2 is 2.00 bits per heavy atom. The first-order valence-electron chi connectivity index (χ1n) is 3.94. The van der Waals surface area contributed by atoms with Crippen LogP contribution in [-0.2, 0) is 14.4 Å². The second-order valence-corrected chi connectivity index (χ2v) is 2.18. The van der Waals surface area contributed by atoms with E-state index < -0.39 is 18.4 Å². The minimum Gasteiger partial charge on any atom is -0.462 e. The predicted molar refractivity (Wildman–Crippen MR) is 41.2 cm³/mol. The highest BCUT2D eigenvalue weighted by molar-refractivity contribution is 5.77. The number of esters is 1. The lowest BCUT2D eigenvalue weighted by molar-refractivity contribution is -0.174. The van der Waals surface area contributed by atoms with E-state index in [0.717, 1.165) is 0 Å². The normalized spacial score (nSPS) is 11.4. The summed E-state index contributed by atoms with van der Waals surface area (Å²) in [5.41, 5.74) is 1.96. The Balaban J connectivity index is 3.83. The average Bonchev–Trinajstić information content (AvgIpc) is 2.05. The van der Waals surface area contributed by atoms with Gasteiger partial charge in [0.25, 0.3) is 0 Å². The van der Waals surface area contributed by atoms with Gasteiger partial charge in [0.2, 0.25) is 0 Å². The fourth-order valence-corrected chi connectivity index (χ4v) is 0.553. The van der Waals surface area contributed by atoms with Crippen LogP contribution in [0.3, 0.4) is 0 Å². The van der Waals surface area contributed by atoms with Crippen molar-refractivity contribution in [2.75, 3.05) is 19.8 Å². The molecule has 13 heavy (non-hydrogen) atoms. The zero-order valence-corrected chi connectivity index (χ0v) is 7.60. The number of nitrogens with one attached hydrogen (secondary N) is 1. The third-order valence-electron chi connectivity index (χ3n) is 1.11. The van der Waals surface area contributed by atoms with Crippen LogP contribution in [0.4, 0.5) is 8.78 Å². The summed E-state index contributed by atoms with van der Waals surface area (Å²) in [5, 5.41) is 0. The molecule has 0 fully saturated rings. The summed E-state index contributed by atoms with van der Waals surface area (Å²) in [5.74, 6) is -5.08. The molecule has 0 spiro atoms. The van der Waals surface area contributed by atoms with E-state index in [1.165, 1.54) is 6.92 Å². The first-order chi connectivity index (χ1) is 6.04. The van der Waals surface area contributed by atoms with E-state index in [1.807, 2.05) is 5.48 Å². The maximum absolute atomic E-state index is 12.7. The number of carbonyl (C=O) groups excluding carboxylic acids is 1. The van der Waals surface area contributed by atoms with Crippen LogP contribution >= 0.6 is 0 Å². The predicted octanol–water partition coefficient (Wildman–Crippen LogP) is 0.726. The summed E-state index contributed by atoms with van der Waals surface area (Å²) in [6.45, 7) is 2.40. The Morgan fingerprint density at radius 3 is 2.46 bits per heavy atom. The topological polar surface area (TPSA) is 47.6 Å². The molecule has 0 aliphatic heterocycles. The molecule has 0 radical (unpaired) electrons. The van der Waals surface area contributed by atoms with Crippen molar-refractivity contribution in [3.8, 4) is 0 Å². The number of halogens is 2. The molecule has 0 unspecified atom stereocenters. The van der Waals surface area contributed by atoms with Gasteiger partial charge in [-0.25, -0.2) is 4.79 Å². The van der Waals surface area contributed by atoms with Crippen LogP contribution in [0.2, 0.25) is 0 Å². The largest absolute Gasteiger partial charge is 0.462 e. The Kier molecular flexibility index (Phi) is 5.48. The number of hydrogen-bond donors (Lipinski definition) is 1. The number of hydroxylamine groups is 1. The SMILES string of the molecule is CCONCC(F)(F)C(=O)OCC. The molecular weight excluding hydrogens is 184 g/mol. The zero-order valence-electron chi connectivity index (χ0n) is 7.60. The molecule has 78 valence electrons. The third-order valence-corrected chi connectivity index (χ3v) is 1.11. The molecule has 0 aliphatic carbocycles. The average molecular weight is 197 g/mol. The molecule has 4 nitrogen and oxygen atoms in total. The molecule has 0 saturated carbocycles. The van der Waals surface area contributed by atoms with Crippen LogP contribution < -0.4 is 5.48 Å². The first kappa shape index (κ1) is 12.2. The van der Waals surface area contributed by atoms with Crippen LogP contribution in [0.25, 0.3) is 0 Å². The smallest absolute Gasteiger partial charge is 0.378 e. The van der Waals surface area contributed by atoms with Crippen molar-refractivity contribution in [2.45, 2.75) is 19.8 Å². The summed E-state index contributed by atoms with van der Waals surface area (Å²) in [7, 11) is 0. The molecule has 1 N–H and O–H groups in total. The standard InChI is InChI=1S/C7H13F2NO3/c1-3-12-6(11)7(8,9)5-10-13-4-2/h10H,3-5H2,1-2H3. The summed E-state index contributed by atoms with van der Waals surface area (Å²) in [6.07, 6.45) is 0. The van der Waals surface area contributed by atoms with E-state index in [-0.39, 0.29) is 13.2 Å². The molecule has 6 heteroatoms. The summed E-state index contributed by atoms with van der Waals surface area (Å²) < 4.78 is 29.6. The van der Waals surface area contributed by atoms with E-state index in [9.17, 15) is 13.6 Å².